The molecule has 134 valence electrons. The van der Waals surface area contributed by atoms with Crippen molar-refractivity contribution in [1.82, 2.24) is 4.90 Å². The number of nitrogens with zero attached hydrogens (tertiary/aromatic N) is 1. The molecule has 3 heteroatoms. The Hall–Kier alpha value is -1.84. The summed E-state index contributed by atoms with van der Waals surface area (Å²) in [6.45, 7) is 1.94. The first-order valence-electron chi connectivity index (χ1n) is 9.26. The second-order valence-corrected chi connectivity index (χ2v) is 7.16. The Morgan fingerprint density at radius 1 is 1.24 bits per heavy atom. The summed E-state index contributed by atoms with van der Waals surface area (Å²) in [5, 5.41) is 9.25. The third kappa shape index (κ3) is 4.42. The lowest BCUT2D eigenvalue weighted by Crippen LogP contribution is -2.15. The van der Waals surface area contributed by atoms with E-state index in [4.69, 9.17) is 4.74 Å². The Bertz CT molecular complexity index is 685. The third-order valence-electron chi connectivity index (χ3n) is 5.01. The minimum absolute atomic E-state index is 0.251. The summed E-state index contributed by atoms with van der Waals surface area (Å²) in [5.74, 6) is 1.40. The van der Waals surface area contributed by atoms with Crippen molar-refractivity contribution >= 4 is 0 Å². The molecule has 0 amide bonds. The fourth-order valence-corrected chi connectivity index (χ4v) is 3.63. The Morgan fingerprint density at radius 3 is 2.80 bits per heavy atom. The van der Waals surface area contributed by atoms with Gasteiger partial charge in [0.1, 0.15) is 12.4 Å². The number of aliphatic hydroxyl groups excluding tert-OH is 1. The topological polar surface area (TPSA) is 32.7 Å². The molecule has 1 heterocycles. The normalized spacial score (nSPS) is 21.1. The number of hydrogen-bond donors (Lipinski definition) is 1. The first kappa shape index (κ1) is 18.0. The van der Waals surface area contributed by atoms with Crippen LogP contribution in [0.5, 0.6) is 0 Å². The lowest BCUT2D eigenvalue weighted by molar-refractivity contribution is 0.209. The fraction of sp³-hybridized carbons (Fsp3) is 0.455. The molecule has 1 aliphatic heterocycles. The van der Waals surface area contributed by atoms with Crippen LogP contribution in [0.2, 0.25) is 0 Å². The molecule has 0 radical (unpaired) electrons. The van der Waals surface area contributed by atoms with E-state index in [9.17, 15) is 5.11 Å². The number of fused-ring (bicyclic) bond motifs is 1. The van der Waals surface area contributed by atoms with E-state index >= 15 is 0 Å². The largest absolute Gasteiger partial charge is 0.489 e. The summed E-state index contributed by atoms with van der Waals surface area (Å²) in [7, 11) is 4.22. The summed E-state index contributed by atoms with van der Waals surface area (Å²) in [6, 6.07) is 8.57. The van der Waals surface area contributed by atoms with Crippen molar-refractivity contribution in [1.29, 1.82) is 0 Å². The first-order valence-corrected chi connectivity index (χ1v) is 9.26. The van der Waals surface area contributed by atoms with Crippen molar-refractivity contribution < 1.29 is 9.84 Å². The van der Waals surface area contributed by atoms with Gasteiger partial charge in [0.25, 0.3) is 0 Å². The zero-order valence-corrected chi connectivity index (χ0v) is 15.4. The smallest absolute Gasteiger partial charge is 0.123 e. The molecular weight excluding hydrogens is 310 g/mol. The predicted octanol–water partition coefficient (Wildman–Crippen LogP) is 3.85. The van der Waals surface area contributed by atoms with Crippen LogP contribution < -0.4 is 0 Å². The molecule has 1 atom stereocenters. The van der Waals surface area contributed by atoms with E-state index in [2.05, 4.69) is 61.5 Å². The molecule has 0 saturated heterocycles. The molecule has 0 saturated carbocycles. The lowest BCUT2D eigenvalue weighted by atomic mass is 9.81. The number of hydrogen-bond acceptors (Lipinski definition) is 3. The van der Waals surface area contributed by atoms with E-state index in [1.807, 2.05) is 0 Å². The van der Waals surface area contributed by atoms with Crippen molar-refractivity contribution in [2.75, 3.05) is 27.2 Å². The van der Waals surface area contributed by atoms with E-state index in [1.54, 1.807) is 0 Å². The van der Waals surface area contributed by atoms with E-state index in [-0.39, 0.29) is 6.61 Å². The van der Waals surface area contributed by atoms with Crippen molar-refractivity contribution in [2.24, 2.45) is 5.92 Å². The summed E-state index contributed by atoms with van der Waals surface area (Å²) in [6.07, 6.45) is 10.6. The summed E-state index contributed by atoms with van der Waals surface area (Å²) >= 11 is 0. The van der Waals surface area contributed by atoms with Gasteiger partial charge in [0.05, 0.1) is 0 Å². The van der Waals surface area contributed by atoms with Crippen molar-refractivity contribution in [2.45, 2.75) is 32.3 Å². The molecule has 0 fully saturated rings. The molecule has 1 N–H and O–H groups in total. The maximum Gasteiger partial charge on any atom is 0.123 e. The van der Waals surface area contributed by atoms with Crippen molar-refractivity contribution in [3.8, 4) is 0 Å². The Balaban J connectivity index is 1.90. The van der Waals surface area contributed by atoms with Crippen molar-refractivity contribution in [3.63, 3.8) is 0 Å². The second kappa shape index (κ2) is 8.50. The van der Waals surface area contributed by atoms with Gasteiger partial charge in [0, 0.05) is 31.1 Å². The van der Waals surface area contributed by atoms with Crippen LogP contribution in [-0.2, 0) is 17.8 Å². The van der Waals surface area contributed by atoms with Crippen LogP contribution in [-0.4, -0.2) is 37.3 Å². The minimum Gasteiger partial charge on any atom is -0.489 e. The highest BCUT2D eigenvalue weighted by atomic mass is 16.5. The van der Waals surface area contributed by atoms with E-state index < -0.39 is 0 Å². The molecule has 25 heavy (non-hydrogen) atoms. The molecule has 3 rings (SSSR count). The van der Waals surface area contributed by atoms with E-state index in [1.165, 1.54) is 22.3 Å². The number of benzene rings is 1. The quantitative estimate of drug-likeness (QED) is 0.854. The third-order valence-corrected chi connectivity index (χ3v) is 5.01. The van der Waals surface area contributed by atoms with Crippen LogP contribution in [0.3, 0.4) is 0 Å². The molecule has 0 bridgehead atoms. The van der Waals surface area contributed by atoms with E-state index in [0.29, 0.717) is 12.5 Å². The minimum atomic E-state index is 0.251. The van der Waals surface area contributed by atoms with Crippen LogP contribution in [0.25, 0.3) is 0 Å². The highest BCUT2D eigenvalue weighted by Crippen LogP contribution is 2.37. The highest BCUT2D eigenvalue weighted by Gasteiger charge is 2.25. The standard InChI is InChI=1S/C22H29NO2/c1-23(2)13-5-10-20-17(9-6-14-24)11-12-22-21(20)15-18-7-3-4-8-19(18)16-25-22/h3-4,7-8,10-12,17,24H,5-6,9,13-16H2,1-2H3/b20-10-. The molecule has 1 aromatic carbocycles. The van der Waals surface area contributed by atoms with E-state index in [0.717, 1.165) is 38.0 Å². The summed E-state index contributed by atoms with van der Waals surface area (Å²) in [5.41, 5.74) is 5.37. The Labute approximate surface area is 151 Å². The SMILES string of the molecule is CN(C)CC/C=C1\C2=C(C=CC1CCCO)OCc1ccccc1C2. The lowest BCUT2D eigenvalue weighted by Gasteiger charge is -2.25. The highest BCUT2D eigenvalue weighted by molar-refractivity contribution is 5.49. The number of ether oxygens (including phenoxy) is 1. The van der Waals surface area contributed by atoms with Gasteiger partial charge in [-0.15, -0.1) is 0 Å². The fourth-order valence-electron chi connectivity index (χ4n) is 3.63. The Kier molecular flexibility index (Phi) is 6.11. The molecule has 1 aliphatic carbocycles. The van der Waals surface area contributed by atoms with Gasteiger partial charge >= 0.3 is 0 Å². The van der Waals surface area contributed by atoms with Gasteiger partial charge in [0.2, 0.25) is 0 Å². The van der Waals surface area contributed by atoms with Crippen LogP contribution in [0.4, 0.5) is 0 Å². The molecule has 0 aromatic heterocycles. The number of aliphatic hydroxyl groups is 1. The average molecular weight is 339 g/mol. The average Bonchev–Trinajstić information content (AvgIpc) is 2.80. The zero-order valence-electron chi connectivity index (χ0n) is 15.4. The van der Waals surface area contributed by atoms with Gasteiger partial charge in [-0.3, -0.25) is 0 Å². The molecule has 1 unspecified atom stereocenters. The van der Waals surface area contributed by atoms with Gasteiger partial charge < -0.3 is 14.7 Å². The van der Waals surface area contributed by atoms with Crippen LogP contribution in [0, 0.1) is 5.92 Å². The molecule has 3 nitrogen and oxygen atoms in total. The van der Waals surface area contributed by atoms with Gasteiger partial charge in [0.15, 0.2) is 0 Å². The number of allylic oxidation sites excluding steroid dienone is 4. The monoisotopic (exact) mass is 339 g/mol. The van der Waals surface area contributed by atoms with Gasteiger partial charge in [-0.2, -0.15) is 0 Å². The van der Waals surface area contributed by atoms with Crippen LogP contribution in [0.1, 0.15) is 30.4 Å². The van der Waals surface area contributed by atoms with Gasteiger partial charge in [-0.05, 0) is 56.1 Å². The Morgan fingerprint density at radius 2 is 2.04 bits per heavy atom. The predicted molar refractivity (Wildman–Crippen MR) is 102 cm³/mol. The first-order chi connectivity index (χ1) is 12.2. The van der Waals surface area contributed by atoms with Crippen LogP contribution in [0.15, 0.2) is 59.4 Å². The summed E-state index contributed by atoms with van der Waals surface area (Å²) in [4.78, 5) is 2.21. The van der Waals surface area contributed by atoms with Crippen LogP contribution >= 0.6 is 0 Å². The van der Waals surface area contributed by atoms with Crippen molar-refractivity contribution in [3.05, 3.63) is 70.5 Å². The maximum absolute atomic E-state index is 9.25. The summed E-state index contributed by atoms with van der Waals surface area (Å²) < 4.78 is 6.14. The maximum atomic E-state index is 9.25. The molecular formula is C22H29NO2. The molecule has 1 aromatic rings. The molecule has 2 aliphatic rings. The zero-order chi connectivity index (χ0) is 17.6. The van der Waals surface area contributed by atoms with Gasteiger partial charge in [-0.25, -0.2) is 0 Å². The van der Waals surface area contributed by atoms with Gasteiger partial charge in [-0.1, -0.05) is 36.4 Å². The number of rotatable bonds is 6. The second-order valence-electron chi connectivity index (χ2n) is 7.16. The molecule has 0 spiro atoms.